The molecule has 11 heteroatoms. The molecule has 0 fully saturated rings. The number of benzene rings is 4. The van der Waals surface area contributed by atoms with Gasteiger partial charge in [-0.1, -0.05) is 50.2 Å². The molecule has 7 rings (SSSR count). The predicted molar refractivity (Wildman–Crippen MR) is 179 cm³/mol. The molecule has 1 unspecified atom stereocenters. The zero-order valence-electron chi connectivity index (χ0n) is 26.1. The third kappa shape index (κ3) is 4.99. The number of amides is 1. The third-order valence-electron chi connectivity index (χ3n) is 8.56. The number of carbonyl (C=O) groups is 2. The van der Waals surface area contributed by atoms with E-state index < -0.39 is 21.8 Å². The smallest absolute Gasteiger partial charge is 0.337 e. The van der Waals surface area contributed by atoms with Crippen LogP contribution in [-0.2, 0) is 19.4 Å². The summed E-state index contributed by atoms with van der Waals surface area (Å²) in [6.45, 7) is 5.99. The molecule has 10 nitrogen and oxygen atoms in total. The lowest BCUT2D eigenvalue weighted by Gasteiger charge is -2.40. The number of aliphatic imine (C=N–C) groups is 1. The van der Waals surface area contributed by atoms with Crippen molar-refractivity contribution in [3.8, 4) is 5.69 Å². The van der Waals surface area contributed by atoms with Crippen LogP contribution in [0.2, 0.25) is 0 Å². The Kier molecular flexibility index (Phi) is 7.28. The van der Waals surface area contributed by atoms with Crippen LogP contribution >= 0.6 is 0 Å². The van der Waals surface area contributed by atoms with Gasteiger partial charge in [0.2, 0.25) is 15.7 Å². The molecule has 0 aliphatic carbocycles. The van der Waals surface area contributed by atoms with Crippen molar-refractivity contribution in [2.24, 2.45) is 4.99 Å². The van der Waals surface area contributed by atoms with Gasteiger partial charge in [-0.15, -0.1) is 0 Å². The van der Waals surface area contributed by atoms with Gasteiger partial charge in [0.25, 0.3) is 5.91 Å². The number of sulfone groups is 1. The topological polar surface area (TPSA) is 123 Å². The van der Waals surface area contributed by atoms with Crippen LogP contribution in [-0.4, -0.2) is 43.0 Å². The van der Waals surface area contributed by atoms with Crippen LogP contribution in [0.5, 0.6) is 0 Å². The van der Waals surface area contributed by atoms with E-state index in [1.807, 2.05) is 60.4 Å². The van der Waals surface area contributed by atoms with E-state index in [1.165, 1.54) is 7.11 Å². The number of aryl methyl sites for hydroxylation is 1. The van der Waals surface area contributed by atoms with Gasteiger partial charge < -0.3 is 15.0 Å². The van der Waals surface area contributed by atoms with Gasteiger partial charge in [0.15, 0.2) is 5.82 Å². The van der Waals surface area contributed by atoms with Gasteiger partial charge in [-0.2, -0.15) is 5.10 Å². The van der Waals surface area contributed by atoms with Crippen molar-refractivity contribution in [3.63, 3.8) is 0 Å². The monoisotopic (exact) mass is 645 g/mol. The number of methoxy groups -OCH3 is 1. The first-order chi connectivity index (χ1) is 22.6. The van der Waals surface area contributed by atoms with Gasteiger partial charge in [0.05, 0.1) is 51.3 Å². The summed E-state index contributed by atoms with van der Waals surface area (Å²) >= 11 is 0. The Bertz CT molecular complexity index is 2190. The zero-order chi connectivity index (χ0) is 33.0. The number of nitrogens with one attached hydrogen (secondary N) is 1. The summed E-state index contributed by atoms with van der Waals surface area (Å²) in [5.41, 5.74) is 5.71. The van der Waals surface area contributed by atoms with Crippen molar-refractivity contribution in [3.05, 3.63) is 125 Å². The van der Waals surface area contributed by atoms with Gasteiger partial charge in [0.1, 0.15) is 0 Å². The van der Waals surface area contributed by atoms with Crippen molar-refractivity contribution in [1.29, 1.82) is 0 Å². The number of anilines is 2. The van der Waals surface area contributed by atoms with Gasteiger partial charge in [-0.05, 0) is 84.6 Å². The summed E-state index contributed by atoms with van der Waals surface area (Å²) in [6.07, 6.45) is 0. The van der Waals surface area contributed by atoms with Crippen LogP contribution in [0, 0.1) is 6.92 Å². The molecule has 1 aromatic heterocycles. The first-order valence-electron chi connectivity index (χ1n) is 15.1. The minimum absolute atomic E-state index is 0.153. The van der Waals surface area contributed by atoms with Crippen LogP contribution in [0.4, 0.5) is 17.2 Å². The molecule has 47 heavy (non-hydrogen) atoms. The summed E-state index contributed by atoms with van der Waals surface area (Å²) in [6, 6.07) is 27.5. The minimum Gasteiger partial charge on any atom is -0.465 e. The Morgan fingerprint density at radius 2 is 1.53 bits per heavy atom. The second kappa shape index (κ2) is 11.4. The number of para-hydroxylation sites is 2. The molecule has 0 saturated carbocycles. The predicted octanol–water partition coefficient (Wildman–Crippen LogP) is 6.52. The number of fused-ring (bicyclic) bond motifs is 4. The molecule has 236 valence electrons. The van der Waals surface area contributed by atoms with E-state index in [-0.39, 0.29) is 21.5 Å². The normalized spacial score (nSPS) is 15.3. The standard InChI is InChI=1S/C36H31N5O5S/c1-21(2)23-13-17-27(18-14-23)47(44,45)28-19-15-26(16-20-28)41-33-31(22(3)39-41)32(24-9-11-25(12-10-24)36(43)46-4)40-30-8-6-5-7-29(30)37-35(42)34(40)38-33/h5-21,32H,1-4H3,(H,37,42). The molecule has 5 aromatic rings. The van der Waals surface area contributed by atoms with Crippen LogP contribution in [0.15, 0.2) is 112 Å². The molecule has 4 aromatic carbocycles. The van der Waals surface area contributed by atoms with Gasteiger partial charge >= 0.3 is 5.97 Å². The molecule has 3 heterocycles. The van der Waals surface area contributed by atoms with Crippen LogP contribution in [0.3, 0.4) is 0 Å². The summed E-state index contributed by atoms with van der Waals surface area (Å²) < 4.78 is 33.4. The zero-order valence-corrected chi connectivity index (χ0v) is 26.9. The van der Waals surface area contributed by atoms with E-state index in [4.69, 9.17) is 14.8 Å². The largest absolute Gasteiger partial charge is 0.465 e. The molecule has 2 aliphatic rings. The number of rotatable bonds is 6. The van der Waals surface area contributed by atoms with Crippen molar-refractivity contribution >= 4 is 44.7 Å². The molecular formula is C36H31N5O5S. The molecule has 0 radical (unpaired) electrons. The molecule has 0 saturated heterocycles. The van der Waals surface area contributed by atoms with E-state index in [1.54, 1.807) is 53.2 Å². The highest BCUT2D eigenvalue weighted by Crippen LogP contribution is 2.47. The van der Waals surface area contributed by atoms with E-state index >= 15 is 0 Å². The molecule has 1 N–H and O–H groups in total. The van der Waals surface area contributed by atoms with E-state index in [0.29, 0.717) is 34.4 Å². The van der Waals surface area contributed by atoms with Crippen LogP contribution in [0.25, 0.3) is 5.69 Å². The quantitative estimate of drug-likeness (QED) is 0.209. The molecule has 0 spiro atoms. The fraction of sp³-hybridized carbons (Fsp3) is 0.167. The molecule has 2 aliphatic heterocycles. The Balaban J connectivity index is 1.34. The van der Waals surface area contributed by atoms with Gasteiger partial charge in [-0.3, -0.25) is 4.79 Å². The lowest BCUT2D eigenvalue weighted by atomic mass is 9.92. The van der Waals surface area contributed by atoms with Crippen molar-refractivity contribution in [2.75, 3.05) is 17.3 Å². The maximum Gasteiger partial charge on any atom is 0.337 e. The Morgan fingerprint density at radius 3 is 2.17 bits per heavy atom. The fourth-order valence-electron chi connectivity index (χ4n) is 6.09. The van der Waals surface area contributed by atoms with Crippen molar-refractivity contribution in [1.82, 2.24) is 9.78 Å². The van der Waals surface area contributed by atoms with Crippen molar-refractivity contribution in [2.45, 2.75) is 42.5 Å². The first kappa shape index (κ1) is 30.1. The number of esters is 1. The number of nitrogens with zero attached hydrogens (tertiary/aromatic N) is 4. The molecule has 1 atom stereocenters. The Labute approximate surface area is 272 Å². The van der Waals surface area contributed by atoms with E-state index in [9.17, 15) is 18.0 Å². The highest BCUT2D eigenvalue weighted by atomic mass is 32.2. The molecular weight excluding hydrogens is 614 g/mol. The summed E-state index contributed by atoms with van der Waals surface area (Å²) in [5, 5.41) is 7.78. The van der Waals surface area contributed by atoms with E-state index in [2.05, 4.69) is 19.2 Å². The minimum atomic E-state index is -3.75. The number of amidine groups is 1. The molecule has 1 amide bonds. The number of hydrogen-bond acceptors (Lipinski definition) is 8. The third-order valence-corrected chi connectivity index (χ3v) is 10.3. The number of ether oxygens (including phenoxy) is 1. The summed E-state index contributed by atoms with van der Waals surface area (Å²) in [4.78, 5) is 32.8. The summed E-state index contributed by atoms with van der Waals surface area (Å²) in [7, 11) is -2.42. The first-order valence-corrected chi connectivity index (χ1v) is 16.6. The fourth-order valence-corrected chi connectivity index (χ4v) is 7.35. The number of carbonyl (C=O) groups excluding carboxylic acids is 2. The summed E-state index contributed by atoms with van der Waals surface area (Å²) in [5.74, 6) is 0.0979. The van der Waals surface area contributed by atoms with Gasteiger partial charge in [0, 0.05) is 5.56 Å². The van der Waals surface area contributed by atoms with Gasteiger partial charge in [-0.25, -0.2) is 22.9 Å². The lowest BCUT2D eigenvalue weighted by molar-refractivity contribution is -0.110. The number of hydrogen-bond donors (Lipinski definition) is 1. The lowest BCUT2D eigenvalue weighted by Crippen LogP contribution is -2.48. The second-order valence-corrected chi connectivity index (χ2v) is 13.7. The highest BCUT2D eigenvalue weighted by molar-refractivity contribution is 7.91. The van der Waals surface area contributed by atoms with Crippen LogP contribution in [0.1, 0.15) is 58.5 Å². The number of aromatic nitrogens is 2. The second-order valence-electron chi connectivity index (χ2n) is 11.7. The highest BCUT2D eigenvalue weighted by Gasteiger charge is 2.42. The Hall–Kier alpha value is -5.55. The van der Waals surface area contributed by atoms with Crippen molar-refractivity contribution < 1.29 is 22.7 Å². The Morgan fingerprint density at radius 1 is 0.894 bits per heavy atom. The van der Waals surface area contributed by atoms with Crippen LogP contribution < -0.4 is 10.2 Å². The molecule has 0 bridgehead atoms. The maximum atomic E-state index is 13.5. The SMILES string of the molecule is COC(=O)c1ccc(C2c3c(C)nn(-c4ccc(S(=O)(=O)c5ccc(C(C)C)cc5)cc4)c3N=C3C(=O)Nc4ccccc4N32)cc1. The average Bonchev–Trinajstić information content (AvgIpc) is 3.43. The van der Waals surface area contributed by atoms with E-state index in [0.717, 1.165) is 22.4 Å². The maximum absolute atomic E-state index is 13.5. The average molecular weight is 646 g/mol.